The first-order valence-electron chi connectivity index (χ1n) is 32.7. The van der Waals surface area contributed by atoms with Crippen LogP contribution in [-0.2, 0) is 28.6 Å². The van der Waals surface area contributed by atoms with Gasteiger partial charge in [0.2, 0.25) is 0 Å². The Labute approximate surface area is 477 Å². The molecule has 0 amide bonds. The zero-order valence-corrected chi connectivity index (χ0v) is 50.7. The predicted octanol–water partition coefficient (Wildman–Crippen LogP) is 22.4. The largest absolute Gasteiger partial charge is 0.462 e. The Morgan fingerprint density at radius 3 is 0.844 bits per heavy atom. The van der Waals surface area contributed by atoms with E-state index in [-0.39, 0.29) is 31.1 Å². The molecule has 0 aliphatic carbocycles. The fraction of sp³-hybridized carbons (Fsp3) is 0.732. The maximum absolute atomic E-state index is 12.9. The highest BCUT2D eigenvalue weighted by atomic mass is 16.6. The van der Waals surface area contributed by atoms with E-state index in [1.165, 1.54) is 154 Å². The Hall–Kier alpha value is -3.67. The Morgan fingerprint density at radius 2 is 0.532 bits per heavy atom. The maximum atomic E-state index is 12.9. The lowest BCUT2D eigenvalue weighted by atomic mass is 10.0. The SMILES string of the molecule is CC/C=C\C/C=C\C/C=C\C/C=C\CCCCCCCCCCCCCCCCC(=O)OCC(COC(=O)CCCCCCC/C=C\C/C=C\CCC)OC(=O)CCCCCCCCCCC/C=C\C/C=C\CCCCC. The summed E-state index contributed by atoms with van der Waals surface area (Å²) in [6.45, 7) is 6.45. The van der Waals surface area contributed by atoms with Gasteiger partial charge < -0.3 is 14.2 Å². The third kappa shape index (κ3) is 63.0. The molecule has 0 saturated carbocycles. The molecule has 0 aliphatic rings. The van der Waals surface area contributed by atoms with Gasteiger partial charge >= 0.3 is 17.9 Å². The van der Waals surface area contributed by atoms with Gasteiger partial charge in [0, 0.05) is 19.3 Å². The predicted molar refractivity (Wildman–Crippen MR) is 334 cm³/mol. The summed E-state index contributed by atoms with van der Waals surface area (Å²) in [6.07, 6.45) is 87.0. The van der Waals surface area contributed by atoms with Crippen molar-refractivity contribution in [3.8, 4) is 0 Å². The number of carbonyl (C=O) groups is 3. The number of ether oxygens (including phenoxy) is 3. The van der Waals surface area contributed by atoms with Crippen molar-refractivity contribution >= 4 is 17.9 Å². The molecular formula is C71H122O6. The molecule has 0 spiro atoms. The highest BCUT2D eigenvalue weighted by Crippen LogP contribution is 2.16. The molecule has 1 unspecified atom stereocenters. The molecule has 0 rings (SSSR count). The van der Waals surface area contributed by atoms with Gasteiger partial charge in [0.05, 0.1) is 0 Å². The van der Waals surface area contributed by atoms with Crippen LogP contribution in [0.3, 0.4) is 0 Å². The lowest BCUT2D eigenvalue weighted by molar-refractivity contribution is -0.167. The number of unbranched alkanes of at least 4 members (excludes halogenated alkanes) is 32. The highest BCUT2D eigenvalue weighted by Gasteiger charge is 2.19. The Kier molecular flexibility index (Phi) is 61.8. The van der Waals surface area contributed by atoms with Crippen molar-refractivity contribution in [2.45, 2.75) is 322 Å². The fourth-order valence-corrected chi connectivity index (χ4v) is 9.15. The van der Waals surface area contributed by atoms with E-state index in [1.807, 2.05) is 0 Å². The van der Waals surface area contributed by atoms with Gasteiger partial charge in [-0.25, -0.2) is 0 Å². The van der Waals surface area contributed by atoms with Gasteiger partial charge in [-0.05, 0) is 116 Å². The summed E-state index contributed by atoms with van der Waals surface area (Å²) in [6, 6.07) is 0. The normalized spacial score (nSPS) is 12.7. The molecule has 0 radical (unpaired) electrons. The monoisotopic (exact) mass is 1070 g/mol. The summed E-state index contributed by atoms with van der Waals surface area (Å²) in [4.78, 5) is 38.3. The molecule has 77 heavy (non-hydrogen) atoms. The molecular weight excluding hydrogens is 949 g/mol. The first-order valence-corrected chi connectivity index (χ1v) is 32.7. The average molecular weight is 1070 g/mol. The number of rotatable bonds is 59. The third-order valence-corrected chi connectivity index (χ3v) is 14.0. The lowest BCUT2D eigenvalue weighted by Crippen LogP contribution is -2.30. The van der Waals surface area contributed by atoms with Gasteiger partial charge in [-0.1, -0.05) is 279 Å². The van der Waals surface area contributed by atoms with Crippen LogP contribution in [0.25, 0.3) is 0 Å². The van der Waals surface area contributed by atoms with Gasteiger partial charge in [-0.3, -0.25) is 14.4 Å². The van der Waals surface area contributed by atoms with Crippen LogP contribution in [0, 0.1) is 0 Å². The number of esters is 3. The van der Waals surface area contributed by atoms with Crippen molar-refractivity contribution in [1.29, 1.82) is 0 Å². The second kappa shape index (κ2) is 64.9. The molecule has 0 aromatic heterocycles. The summed E-state index contributed by atoms with van der Waals surface area (Å²) < 4.78 is 16.9. The molecule has 0 aliphatic heterocycles. The number of hydrogen-bond acceptors (Lipinski definition) is 6. The molecule has 0 fully saturated rings. The van der Waals surface area contributed by atoms with Crippen LogP contribution < -0.4 is 0 Å². The summed E-state index contributed by atoms with van der Waals surface area (Å²) in [5, 5.41) is 0. The van der Waals surface area contributed by atoms with Crippen LogP contribution in [0.2, 0.25) is 0 Å². The molecule has 0 N–H and O–H groups in total. The quantitative estimate of drug-likeness (QED) is 0.0261. The average Bonchev–Trinajstić information content (AvgIpc) is 3.43. The van der Waals surface area contributed by atoms with Crippen LogP contribution in [0.1, 0.15) is 316 Å². The molecule has 442 valence electrons. The minimum atomic E-state index is -0.787. The minimum absolute atomic E-state index is 0.0825. The number of carbonyl (C=O) groups excluding carboxylic acids is 3. The standard InChI is InChI=1S/C71H122O6/c1-4-7-10-13-16-19-22-25-27-29-31-32-33-34-35-36-37-38-40-41-43-46-49-52-55-58-61-64-70(73)76-67-68(66-75-69(72)63-60-57-54-51-48-45-24-21-18-15-12-9-6-3)77-71(74)65-62-59-56-53-50-47-44-42-39-30-28-26-23-20-17-14-11-8-5-2/h7,10,12,15-17,19-21,24-28,31-32,68H,4-6,8-9,11,13-14,18,22-23,29-30,33-67H2,1-3H3/b10-7-,15-12-,19-16-,20-17-,24-21-,27-25-,28-26-,32-31-. The summed E-state index contributed by atoms with van der Waals surface area (Å²) in [5.74, 6) is -0.891. The van der Waals surface area contributed by atoms with Crippen molar-refractivity contribution in [3.05, 3.63) is 97.2 Å². The zero-order valence-electron chi connectivity index (χ0n) is 50.7. The van der Waals surface area contributed by atoms with Gasteiger partial charge in [-0.2, -0.15) is 0 Å². The van der Waals surface area contributed by atoms with Crippen molar-refractivity contribution in [1.82, 2.24) is 0 Å². The van der Waals surface area contributed by atoms with Gasteiger partial charge in [0.1, 0.15) is 13.2 Å². The molecule has 0 heterocycles. The van der Waals surface area contributed by atoms with Crippen LogP contribution in [-0.4, -0.2) is 37.2 Å². The third-order valence-electron chi connectivity index (χ3n) is 14.0. The molecule has 0 bridgehead atoms. The number of allylic oxidation sites excluding steroid dienone is 16. The van der Waals surface area contributed by atoms with E-state index >= 15 is 0 Å². The van der Waals surface area contributed by atoms with Crippen LogP contribution in [0.15, 0.2) is 97.2 Å². The number of hydrogen-bond donors (Lipinski definition) is 0. The van der Waals surface area contributed by atoms with Crippen molar-refractivity contribution in [2.24, 2.45) is 0 Å². The van der Waals surface area contributed by atoms with Gasteiger partial charge in [0.25, 0.3) is 0 Å². The molecule has 1 atom stereocenters. The minimum Gasteiger partial charge on any atom is -0.462 e. The first-order chi connectivity index (χ1) is 38.0. The van der Waals surface area contributed by atoms with E-state index in [1.54, 1.807) is 0 Å². The Morgan fingerprint density at radius 1 is 0.273 bits per heavy atom. The molecule has 0 aromatic carbocycles. The second-order valence-corrected chi connectivity index (χ2v) is 21.6. The topological polar surface area (TPSA) is 78.9 Å². The van der Waals surface area contributed by atoms with Crippen LogP contribution in [0.5, 0.6) is 0 Å². The van der Waals surface area contributed by atoms with Crippen molar-refractivity contribution in [2.75, 3.05) is 13.2 Å². The van der Waals surface area contributed by atoms with E-state index in [0.29, 0.717) is 19.3 Å². The second-order valence-electron chi connectivity index (χ2n) is 21.6. The van der Waals surface area contributed by atoms with E-state index in [4.69, 9.17) is 14.2 Å². The van der Waals surface area contributed by atoms with Crippen molar-refractivity contribution < 1.29 is 28.6 Å². The zero-order chi connectivity index (χ0) is 55.7. The van der Waals surface area contributed by atoms with E-state index < -0.39 is 6.10 Å². The van der Waals surface area contributed by atoms with Crippen LogP contribution in [0.4, 0.5) is 0 Å². The summed E-state index contributed by atoms with van der Waals surface area (Å²) in [7, 11) is 0. The van der Waals surface area contributed by atoms with Gasteiger partial charge in [-0.15, -0.1) is 0 Å². The highest BCUT2D eigenvalue weighted by molar-refractivity contribution is 5.71. The Balaban J connectivity index is 4.28. The van der Waals surface area contributed by atoms with E-state index in [0.717, 1.165) is 122 Å². The fourth-order valence-electron chi connectivity index (χ4n) is 9.15. The summed E-state index contributed by atoms with van der Waals surface area (Å²) in [5.41, 5.74) is 0. The first kappa shape index (κ1) is 73.3. The van der Waals surface area contributed by atoms with Gasteiger partial charge in [0.15, 0.2) is 6.10 Å². The molecule has 6 nitrogen and oxygen atoms in total. The molecule has 6 heteroatoms. The van der Waals surface area contributed by atoms with Crippen LogP contribution >= 0.6 is 0 Å². The summed E-state index contributed by atoms with van der Waals surface area (Å²) >= 11 is 0. The molecule has 0 saturated heterocycles. The Bertz CT molecular complexity index is 1510. The lowest BCUT2D eigenvalue weighted by Gasteiger charge is -2.18. The van der Waals surface area contributed by atoms with E-state index in [2.05, 4.69) is 118 Å². The smallest absolute Gasteiger partial charge is 0.306 e. The molecule has 0 aromatic rings. The van der Waals surface area contributed by atoms with E-state index in [9.17, 15) is 14.4 Å². The van der Waals surface area contributed by atoms with Crippen molar-refractivity contribution in [3.63, 3.8) is 0 Å². The maximum Gasteiger partial charge on any atom is 0.306 e.